The average molecular weight is 375 g/mol. The molecule has 140 valence electrons. The van der Waals surface area contributed by atoms with Gasteiger partial charge in [0.15, 0.2) is 0 Å². The highest BCUT2D eigenvalue weighted by molar-refractivity contribution is 6.31. The van der Waals surface area contributed by atoms with Crippen molar-refractivity contribution in [2.45, 2.75) is 38.6 Å². The molecule has 2 aromatic rings. The molecular weight excluding hydrogens is 348 g/mol. The maximum Gasteiger partial charge on any atom is 0.237 e. The first-order valence-corrected chi connectivity index (χ1v) is 9.93. The van der Waals surface area contributed by atoms with Gasteiger partial charge in [-0.1, -0.05) is 11.6 Å². The summed E-state index contributed by atoms with van der Waals surface area (Å²) in [4.78, 5) is 16.0. The molecule has 1 spiro atoms. The predicted molar refractivity (Wildman–Crippen MR) is 106 cm³/mol. The molecule has 1 atom stereocenters. The van der Waals surface area contributed by atoms with Gasteiger partial charge in [0, 0.05) is 34.7 Å². The van der Waals surface area contributed by atoms with E-state index in [1.165, 1.54) is 18.4 Å². The van der Waals surface area contributed by atoms with Gasteiger partial charge in [0.05, 0.1) is 6.04 Å². The van der Waals surface area contributed by atoms with Crippen LogP contribution in [0.15, 0.2) is 18.2 Å². The van der Waals surface area contributed by atoms with Gasteiger partial charge in [-0.2, -0.15) is 0 Å². The Hall–Kier alpha value is -1.56. The number of amides is 1. The van der Waals surface area contributed by atoms with Crippen molar-refractivity contribution in [3.63, 3.8) is 0 Å². The molecule has 3 heterocycles. The van der Waals surface area contributed by atoms with Crippen molar-refractivity contribution in [3.05, 3.63) is 34.5 Å². The first-order chi connectivity index (χ1) is 12.6. The van der Waals surface area contributed by atoms with Crippen LogP contribution in [0.25, 0.3) is 10.9 Å². The Morgan fingerprint density at radius 3 is 2.96 bits per heavy atom. The summed E-state index contributed by atoms with van der Waals surface area (Å²) < 4.78 is 0. The van der Waals surface area contributed by atoms with Crippen molar-refractivity contribution in [2.75, 3.05) is 26.2 Å². The van der Waals surface area contributed by atoms with Crippen LogP contribution in [0.2, 0.25) is 5.02 Å². The Morgan fingerprint density at radius 1 is 1.35 bits per heavy atom. The number of fused-ring (bicyclic) bond motifs is 1. The number of benzene rings is 1. The number of hydrogen-bond acceptors (Lipinski definition) is 3. The smallest absolute Gasteiger partial charge is 0.237 e. The fourth-order valence-corrected chi connectivity index (χ4v) is 4.72. The zero-order valence-corrected chi connectivity index (χ0v) is 16.0. The molecule has 2 aliphatic heterocycles. The molecular formula is C20H27ClN4O. The maximum atomic E-state index is 12.6. The number of hydrogen-bond donors (Lipinski definition) is 4. The van der Waals surface area contributed by atoms with E-state index in [0.717, 1.165) is 54.1 Å². The summed E-state index contributed by atoms with van der Waals surface area (Å²) in [5.41, 5.74) is 3.79. The van der Waals surface area contributed by atoms with Crippen LogP contribution in [-0.2, 0) is 11.2 Å². The molecule has 1 aromatic heterocycles. The molecule has 0 saturated carbocycles. The minimum atomic E-state index is -0.0494. The molecule has 1 amide bonds. The Labute approximate surface area is 159 Å². The molecule has 26 heavy (non-hydrogen) atoms. The molecule has 4 N–H and O–H groups in total. The van der Waals surface area contributed by atoms with Crippen LogP contribution in [0.1, 0.15) is 30.5 Å². The average Bonchev–Trinajstić information content (AvgIpc) is 3.17. The number of nitrogens with one attached hydrogen (secondary N) is 4. The zero-order chi connectivity index (χ0) is 18.1. The summed E-state index contributed by atoms with van der Waals surface area (Å²) in [6, 6.07) is 5.85. The van der Waals surface area contributed by atoms with Gasteiger partial charge in [-0.25, -0.2) is 0 Å². The Kier molecular flexibility index (Phi) is 4.95. The second kappa shape index (κ2) is 7.22. The van der Waals surface area contributed by atoms with Crippen molar-refractivity contribution in [3.8, 4) is 0 Å². The highest BCUT2D eigenvalue weighted by atomic mass is 35.5. The van der Waals surface area contributed by atoms with E-state index in [1.807, 2.05) is 18.2 Å². The van der Waals surface area contributed by atoms with E-state index < -0.39 is 0 Å². The molecule has 5 nitrogen and oxygen atoms in total. The molecule has 1 unspecified atom stereocenters. The van der Waals surface area contributed by atoms with Crippen LogP contribution >= 0.6 is 11.6 Å². The quantitative estimate of drug-likeness (QED) is 0.664. The van der Waals surface area contributed by atoms with E-state index in [-0.39, 0.29) is 11.9 Å². The third-order valence-electron chi connectivity index (χ3n) is 6.10. The lowest BCUT2D eigenvalue weighted by Gasteiger charge is -2.33. The molecule has 4 rings (SSSR count). The van der Waals surface area contributed by atoms with E-state index in [9.17, 15) is 4.79 Å². The summed E-state index contributed by atoms with van der Waals surface area (Å²) in [6.07, 6.45) is 4.10. The minimum absolute atomic E-state index is 0.0494. The normalized spacial score (nSPS) is 22.2. The van der Waals surface area contributed by atoms with Gasteiger partial charge < -0.3 is 20.9 Å². The van der Waals surface area contributed by atoms with Gasteiger partial charge in [-0.15, -0.1) is 0 Å². The van der Waals surface area contributed by atoms with Crippen LogP contribution in [-0.4, -0.2) is 43.1 Å². The number of carbonyl (C=O) groups is 1. The van der Waals surface area contributed by atoms with E-state index in [2.05, 4.69) is 27.9 Å². The lowest BCUT2D eigenvalue weighted by molar-refractivity contribution is -0.122. The van der Waals surface area contributed by atoms with Crippen molar-refractivity contribution in [1.82, 2.24) is 20.9 Å². The summed E-state index contributed by atoms with van der Waals surface area (Å²) in [5.74, 6) is 0.135. The first kappa shape index (κ1) is 17.8. The van der Waals surface area contributed by atoms with Gasteiger partial charge in [-0.05, 0) is 74.9 Å². The summed E-state index contributed by atoms with van der Waals surface area (Å²) in [5, 5.41) is 11.9. The molecule has 1 aromatic carbocycles. The summed E-state index contributed by atoms with van der Waals surface area (Å²) in [7, 11) is 0. The third-order valence-corrected chi connectivity index (χ3v) is 6.33. The number of halogens is 1. The highest BCUT2D eigenvalue weighted by Crippen LogP contribution is 2.37. The predicted octanol–water partition coefficient (Wildman–Crippen LogP) is 2.52. The van der Waals surface area contributed by atoms with E-state index in [4.69, 9.17) is 11.6 Å². The number of carbonyl (C=O) groups excluding carboxylic acids is 1. The third kappa shape index (κ3) is 3.48. The number of aromatic nitrogens is 1. The van der Waals surface area contributed by atoms with E-state index in [0.29, 0.717) is 12.0 Å². The zero-order valence-electron chi connectivity index (χ0n) is 15.3. The van der Waals surface area contributed by atoms with Crippen LogP contribution in [0.5, 0.6) is 0 Å². The number of H-pyrrole nitrogens is 1. The fraction of sp³-hybridized carbons (Fsp3) is 0.550. The van der Waals surface area contributed by atoms with Crippen molar-refractivity contribution in [1.29, 1.82) is 0 Å². The Balaban J connectivity index is 1.34. The van der Waals surface area contributed by atoms with Gasteiger partial charge in [0.2, 0.25) is 5.91 Å². The van der Waals surface area contributed by atoms with Crippen LogP contribution in [0.4, 0.5) is 0 Å². The number of rotatable bonds is 4. The van der Waals surface area contributed by atoms with Gasteiger partial charge in [-0.3, -0.25) is 4.79 Å². The van der Waals surface area contributed by atoms with Crippen molar-refractivity contribution < 1.29 is 4.79 Å². The Morgan fingerprint density at radius 2 is 2.15 bits per heavy atom. The van der Waals surface area contributed by atoms with Gasteiger partial charge in [0.1, 0.15) is 0 Å². The molecule has 0 aliphatic carbocycles. The molecule has 2 saturated heterocycles. The molecule has 0 radical (unpaired) electrons. The maximum absolute atomic E-state index is 12.6. The first-order valence-electron chi connectivity index (χ1n) is 9.55. The van der Waals surface area contributed by atoms with Gasteiger partial charge in [0.25, 0.3) is 0 Å². The summed E-state index contributed by atoms with van der Waals surface area (Å²) in [6.45, 7) is 5.82. The van der Waals surface area contributed by atoms with Gasteiger partial charge >= 0.3 is 0 Å². The second-order valence-electron chi connectivity index (χ2n) is 7.85. The van der Waals surface area contributed by atoms with E-state index >= 15 is 0 Å². The number of aromatic amines is 1. The van der Waals surface area contributed by atoms with Crippen molar-refractivity contribution in [2.24, 2.45) is 5.41 Å². The summed E-state index contributed by atoms with van der Waals surface area (Å²) >= 11 is 6.15. The van der Waals surface area contributed by atoms with E-state index in [1.54, 1.807) is 0 Å². The fourth-order valence-electron chi connectivity index (χ4n) is 4.55. The second-order valence-corrected chi connectivity index (χ2v) is 8.28. The number of aryl methyl sites for hydroxylation is 1. The number of piperidine rings is 1. The lowest BCUT2D eigenvalue weighted by Crippen LogP contribution is -2.41. The van der Waals surface area contributed by atoms with Crippen molar-refractivity contribution >= 4 is 28.4 Å². The highest BCUT2D eigenvalue weighted by Gasteiger charge is 2.41. The Bertz CT molecular complexity index is 809. The van der Waals surface area contributed by atoms with Crippen LogP contribution in [0.3, 0.4) is 0 Å². The molecule has 0 bridgehead atoms. The monoisotopic (exact) mass is 374 g/mol. The largest absolute Gasteiger partial charge is 0.358 e. The SMILES string of the molecule is Cc1[nH]c2ccc(Cl)cc2c1CCNC(=O)C1CC2(CCNCC2)CN1. The topological polar surface area (TPSA) is 69.0 Å². The molecule has 6 heteroatoms. The molecule has 2 aliphatic rings. The molecule has 2 fully saturated rings. The van der Waals surface area contributed by atoms with Crippen LogP contribution in [0, 0.1) is 12.3 Å². The van der Waals surface area contributed by atoms with Crippen LogP contribution < -0.4 is 16.0 Å². The minimum Gasteiger partial charge on any atom is -0.358 e. The standard InChI is InChI=1S/C20H27ClN4O/c1-13-15(16-10-14(21)2-3-17(16)25-13)4-7-23-19(26)18-11-20(12-24-18)5-8-22-9-6-20/h2-3,10,18,22,24-25H,4-9,11-12H2,1H3,(H,23,26). The lowest BCUT2D eigenvalue weighted by atomic mass is 9.77.